The molecule has 0 fully saturated rings. The minimum atomic E-state index is -0.991. The number of ether oxygens (including phenoxy) is 1. The molecule has 0 aromatic heterocycles. The van der Waals surface area contributed by atoms with Crippen LogP contribution >= 0.6 is 0 Å². The predicted octanol–water partition coefficient (Wildman–Crippen LogP) is 5.21. The van der Waals surface area contributed by atoms with E-state index in [4.69, 9.17) is 9.84 Å². The average molecular weight is 363 g/mol. The van der Waals surface area contributed by atoms with Crippen LogP contribution < -0.4 is 0 Å². The summed E-state index contributed by atoms with van der Waals surface area (Å²) in [5, 5.41) is 8.61. The summed E-state index contributed by atoms with van der Waals surface area (Å²) in [5.41, 5.74) is 0. The molecule has 1 heterocycles. The van der Waals surface area contributed by atoms with E-state index in [1.165, 1.54) is 70.6 Å². The van der Waals surface area contributed by atoms with Gasteiger partial charge in [-0.3, -0.25) is 0 Å². The van der Waals surface area contributed by atoms with Gasteiger partial charge in [0.15, 0.2) is 5.76 Å². The molecule has 0 spiro atoms. The first-order valence-corrected chi connectivity index (χ1v) is 9.24. The molecule has 24 heavy (non-hydrogen) atoms. The number of aliphatic carboxylic acids is 1. The van der Waals surface area contributed by atoms with Crippen LogP contribution in [-0.2, 0) is 9.53 Å². The van der Waals surface area contributed by atoms with Gasteiger partial charge < -0.3 is 9.84 Å². The predicted molar refractivity (Wildman–Crippen MR) is 104 cm³/mol. The minimum absolute atomic E-state index is 0. The Morgan fingerprint density at radius 3 is 1.96 bits per heavy atom. The van der Waals surface area contributed by atoms with E-state index in [0.717, 1.165) is 6.42 Å². The van der Waals surface area contributed by atoms with Gasteiger partial charge in [-0.05, 0) is 18.9 Å². The monoisotopic (exact) mass is 362 g/mol. The first kappa shape index (κ1) is 23.7. The molecule has 0 amide bonds. The molecule has 3 nitrogen and oxygen atoms in total. The summed E-state index contributed by atoms with van der Waals surface area (Å²) < 4.78 is 4.81. The van der Waals surface area contributed by atoms with Gasteiger partial charge in [0.25, 0.3) is 5.76 Å². The van der Waals surface area contributed by atoms with Gasteiger partial charge in [0.2, 0.25) is 0 Å². The summed E-state index contributed by atoms with van der Waals surface area (Å²) in [6.07, 6.45) is 23.8. The van der Waals surface area contributed by atoms with Gasteiger partial charge in [-0.25, -0.2) is 4.79 Å². The van der Waals surface area contributed by atoms with Crippen LogP contribution in [0.15, 0.2) is 35.8 Å². The van der Waals surface area contributed by atoms with E-state index in [1.807, 2.05) is 12.2 Å². The van der Waals surface area contributed by atoms with Gasteiger partial charge in [-0.15, -0.1) is 0 Å². The third-order valence-electron chi connectivity index (χ3n) is 4.06. The Hall–Kier alpha value is -0.250. The number of rotatable bonds is 15. The molecule has 0 aromatic carbocycles. The second-order valence-corrected chi connectivity index (χ2v) is 6.21. The zero-order valence-electron chi connectivity index (χ0n) is 14.6. The fraction of sp³-hybridized carbons (Fsp3) is 0.650. The van der Waals surface area contributed by atoms with Crippen LogP contribution in [0.1, 0.15) is 84.0 Å². The SMILES string of the molecule is CCCCCCCCCCCCCC=CC=CC1=C(C(=O)O)O1.[CaH2]. The molecule has 0 saturated heterocycles. The van der Waals surface area contributed by atoms with Crippen molar-refractivity contribution in [3.05, 3.63) is 35.8 Å². The Bertz CT molecular complexity index is 425. The molecule has 0 saturated carbocycles. The third-order valence-corrected chi connectivity index (χ3v) is 4.06. The summed E-state index contributed by atoms with van der Waals surface area (Å²) in [6, 6.07) is 0. The molecule has 0 radical (unpaired) electrons. The van der Waals surface area contributed by atoms with E-state index in [0.29, 0.717) is 5.76 Å². The van der Waals surface area contributed by atoms with Crippen LogP contribution in [0.2, 0.25) is 0 Å². The fourth-order valence-electron chi connectivity index (χ4n) is 2.59. The number of hydrogen-bond acceptors (Lipinski definition) is 2. The van der Waals surface area contributed by atoms with Crippen LogP contribution in [-0.4, -0.2) is 48.8 Å². The topological polar surface area (TPSA) is 49.8 Å². The van der Waals surface area contributed by atoms with Crippen molar-refractivity contribution in [2.75, 3.05) is 0 Å². The van der Waals surface area contributed by atoms with Crippen LogP contribution in [0.4, 0.5) is 0 Å². The van der Waals surface area contributed by atoms with Crippen LogP contribution in [0.3, 0.4) is 0 Å². The van der Waals surface area contributed by atoms with E-state index in [-0.39, 0.29) is 43.5 Å². The number of unbranched alkanes of at least 4 members (excludes halogenated alkanes) is 11. The number of carbonyl (C=O) groups is 1. The molecule has 4 heteroatoms. The molecule has 134 valence electrons. The zero-order chi connectivity index (χ0) is 16.8. The molecule has 1 aliphatic rings. The van der Waals surface area contributed by atoms with Gasteiger partial charge in [-0.2, -0.15) is 0 Å². The summed E-state index contributed by atoms with van der Waals surface area (Å²) in [6.45, 7) is 2.26. The number of carboxylic acids is 1. The molecule has 0 aliphatic carbocycles. The zero-order valence-corrected chi connectivity index (χ0v) is 14.6. The van der Waals surface area contributed by atoms with Crippen molar-refractivity contribution in [1.82, 2.24) is 0 Å². The quantitative estimate of drug-likeness (QED) is 0.247. The first-order chi connectivity index (χ1) is 11.3. The Kier molecular flexibility index (Phi) is 16.1. The molecule has 1 N–H and O–H groups in total. The Labute approximate surface area is 177 Å². The van der Waals surface area contributed by atoms with Crippen molar-refractivity contribution in [2.45, 2.75) is 84.0 Å². The van der Waals surface area contributed by atoms with E-state index >= 15 is 0 Å². The second kappa shape index (κ2) is 16.2. The van der Waals surface area contributed by atoms with Gasteiger partial charge >= 0.3 is 43.7 Å². The maximum atomic E-state index is 10.5. The van der Waals surface area contributed by atoms with Crippen molar-refractivity contribution in [3.63, 3.8) is 0 Å². The van der Waals surface area contributed by atoms with Crippen molar-refractivity contribution in [2.24, 2.45) is 0 Å². The van der Waals surface area contributed by atoms with Crippen LogP contribution in [0.5, 0.6) is 0 Å². The second-order valence-electron chi connectivity index (χ2n) is 6.21. The number of carboxylic acid groups (broad SMARTS) is 1. The van der Waals surface area contributed by atoms with Crippen molar-refractivity contribution in [1.29, 1.82) is 0 Å². The fourth-order valence-corrected chi connectivity index (χ4v) is 2.59. The molecule has 1 rings (SSSR count). The van der Waals surface area contributed by atoms with Gasteiger partial charge in [0.05, 0.1) is 0 Å². The van der Waals surface area contributed by atoms with E-state index in [2.05, 4.69) is 13.0 Å². The Morgan fingerprint density at radius 2 is 1.46 bits per heavy atom. The van der Waals surface area contributed by atoms with E-state index in [9.17, 15) is 4.79 Å². The average Bonchev–Trinajstić information content (AvgIpc) is 3.31. The van der Waals surface area contributed by atoms with Crippen molar-refractivity contribution in [3.8, 4) is 0 Å². The third kappa shape index (κ3) is 13.1. The normalized spacial score (nSPS) is 13.4. The van der Waals surface area contributed by atoms with Gasteiger partial charge in [-0.1, -0.05) is 89.4 Å². The molecule has 0 aromatic rings. The summed E-state index contributed by atoms with van der Waals surface area (Å²) in [5.74, 6) is -0.452. The van der Waals surface area contributed by atoms with Crippen molar-refractivity contribution >= 4 is 43.7 Å². The van der Waals surface area contributed by atoms with Crippen LogP contribution in [0.25, 0.3) is 0 Å². The molecule has 0 atom stereocenters. The molecular formula is C20H34CaO3. The van der Waals surface area contributed by atoms with Gasteiger partial charge in [0.1, 0.15) is 0 Å². The number of hydrogen-bond donors (Lipinski definition) is 1. The molecule has 1 aliphatic heterocycles. The summed E-state index contributed by atoms with van der Waals surface area (Å²) in [7, 11) is 0. The summed E-state index contributed by atoms with van der Waals surface area (Å²) >= 11 is 0. The Morgan fingerprint density at radius 1 is 0.917 bits per heavy atom. The molecule has 0 bridgehead atoms. The molecular weight excluding hydrogens is 328 g/mol. The maximum absolute atomic E-state index is 10.5. The van der Waals surface area contributed by atoms with Gasteiger partial charge in [0, 0.05) is 0 Å². The Balaban J connectivity index is 0.00000529. The van der Waals surface area contributed by atoms with Crippen LogP contribution in [0, 0.1) is 0 Å². The number of allylic oxidation sites excluding steroid dienone is 4. The van der Waals surface area contributed by atoms with E-state index in [1.54, 1.807) is 6.08 Å². The summed E-state index contributed by atoms with van der Waals surface area (Å²) in [4.78, 5) is 10.5. The standard InChI is InChI=1S/C20H32O3.Ca.2H/c1-2-3-4-5-6-7-8-9-10-11-12-13-14-15-16-17-18-19(23-18)20(21)22;;;/h14-17H,2-13H2,1H3,(H,21,22);;;. The van der Waals surface area contributed by atoms with E-state index < -0.39 is 5.97 Å². The molecule has 0 unspecified atom stereocenters. The van der Waals surface area contributed by atoms with Crippen molar-refractivity contribution < 1.29 is 14.6 Å². The first-order valence-electron chi connectivity index (χ1n) is 9.24.